The summed E-state index contributed by atoms with van der Waals surface area (Å²) in [5.74, 6) is -0.616. The summed E-state index contributed by atoms with van der Waals surface area (Å²) in [6.45, 7) is 0. The summed E-state index contributed by atoms with van der Waals surface area (Å²) in [4.78, 5) is 0. The van der Waals surface area contributed by atoms with Gasteiger partial charge in [0.15, 0.2) is 0 Å². The Kier molecular flexibility index (Phi) is 3.98. The number of rotatable bonds is 2. The van der Waals surface area contributed by atoms with Gasteiger partial charge in [-0.1, -0.05) is 18.2 Å². The van der Waals surface area contributed by atoms with E-state index in [0.717, 1.165) is 5.56 Å². The normalized spacial score (nSPS) is 11.4. The van der Waals surface area contributed by atoms with E-state index in [1.807, 2.05) is 0 Å². The molecule has 100 valence electrons. The Labute approximate surface area is 120 Å². The maximum atomic E-state index is 12.8. The molecule has 2 aromatic carbocycles. The SMILES string of the molecule is Fc1ccc(-c2ccc(OC(F)(F)F)c(I)c2)cc1. The molecule has 0 saturated carbocycles. The second kappa shape index (κ2) is 5.36. The van der Waals surface area contributed by atoms with Gasteiger partial charge in [-0.15, -0.1) is 13.2 Å². The molecule has 0 radical (unpaired) electrons. The second-order valence-corrected chi connectivity index (χ2v) is 4.86. The Bertz CT molecular complexity index is 578. The van der Waals surface area contributed by atoms with Crippen molar-refractivity contribution < 1.29 is 22.3 Å². The van der Waals surface area contributed by atoms with Crippen LogP contribution in [0.15, 0.2) is 42.5 Å². The summed E-state index contributed by atoms with van der Waals surface area (Å²) in [6, 6.07) is 10.0. The average molecular weight is 382 g/mol. The van der Waals surface area contributed by atoms with Crippen LogP contribution in [0.25, 0.3) is 11.1 Å². The number of hydrogen-bond acceptors (Lipinski definition) is 1. The molecule has 0 aliphatic carbocycles. The highest BCUT2D eigenvalue weighted by molar-refractivity contribution is 14.1. The van der Waals surface area contributed by atoms with Gasteiger partial charge >= 0.3 is 6.36 Å². The standard InChI is InChI=1S/C13H7F4IO/c14-10-4-1-8(2-5-10)9-3-6-12(11(18)7-9)19-13(15,16)17/h1-7H. The molecule has 0 N–H and O–H groups in total. The van der Waals surface area contributed by atoms with Gasteiger partial charge in [0.1, 0.15) is 11.6 Å². The van der Waals surface area contributed by atoms with Crippen LogP contribution in [0.3, 0.4) is 0 Å². The first-order chi connectivity index (χ1) is 8.85. The minimum Gasteiger partial charge on any atom is -0.405 e. The van der Waals surface area contributed by atoms with Crippen LogP contribution in [0, 0.1) is 9.39 Å². The lowest BCUT2D eigenvalue weighted by molar-refractivity contribution is -0.274. The van der Waals surface area contributed by atoms with E-state index in [0.29, 0.717) is 9.13 Å². The predicted octanol–water partition coefficient (Wildman–Crippen LogP) is 5.00. The van der Waals surface area contributed by atoms with Crippen molar-refractivity contribution in [1.29, 1.82) is 0 Å². The van der Waals surface area contributed by atoms with Crippen LogP contribution in [-0.4, -0.2) is 6.36 Å². The maximum absolute atomic E-state index is 12.8. The molecule has 0 saturated heterocycles. The molecule has 0 aromatic heterocycles. The minimum absolute atomic E-state index is 0.251. The fourth-order valence-corrected chi connectivity index (χ4v) is 2.16. The van der Waals surface area contributed by atoms with Crippen LogP contribution >= 0.6 is 22.6 Å². The zero-order valence-corrected chi connectivity index (χ0v) is 11.5. The Balaban J connectivity index is 2.31. The molecule has 0 spiro atoms. The van der Waals surface area contributed by atoms with Crippen LogP contribution in [0.5, 0.6) is 5.75 Å². The van der Waals surface area contributed by atoms with E-state index in [1.54, 1.807) is 40.8 Å². The van der Waals surface area contributed by atoms with Crippen molar-refractivity contribution in [1.82, 2.24) is 0 Å². The van der Waals surface area contributed by atoms with E-state index in [4.69, 9.17) is 0 Å². The highest BCUT2D eigenvalue weighted by Crippen LogP contribution is 2.31. The summed E-state index contributed by atoms with van der Waals surface area (Å²) < 4.78 is 53.4. The van der Waals surface area contributed by atoms with Crippen molar-refractivity contribution in [2.75, 3.05) is 0 Å². The van der Waals surface area contributed by atoms with Crippen LogP contribution in [0.4, 0.5) is 17.6 Å². The van der Waals surface area contributed by atoms with Crippen LogP contribution in [0.1, 0.15) is 0 Å². The molecular weight excluding hydrogens is 375 g/mol. The van der Waals surface area contributed by atoms with Crippen molar-refractivity contribution in [3.63, 3.8) is 0 Å². The zero-order valence-electron chi connectivity index (χ0n) is 9.34. The van der Waals surface area contributed by atoms with Gasteiger partial charge in [0.25, 0.3) is 0 Å². The molecule has 0 heterocycles. The van der Waals surface area contributed by atoms with Gasteiger partial charge in [-0.3, -0.25) is 0 Å². The first kappa shape index (κ1) is 14.1. The lowest BCUT2D eigenvalue weighted by Gasteiger charge is -2.11. The molecule has 2 aromatic rings. The van der Waals surface area contributed by atoms with E-state index in [-0.39, 0.29) is 11.6 Å². The van der Waals surface area contributed by atoms with Gasteiger partial charge in [-0.05, 0) is 58.0 Å². The molecular formula is C13H7F4IO. The second-order valence-electron chi connectivity index (χ2n) is 3.70. The molecule has 0 bridgehead atoms. The summed E-state index contributed by atoms with van der Waals surface area (Å²) in [6.07, 6.45) is -4.71. The van der Waals surface area contributed by atoms with Crippen LogP contribution < -0.4 is 4.74 Å². The third kappa shape index (κ3) is 3.82. The van der Waals surface area contributed by atoms with Gasteiger partial charge in [-0.25, -0.2) is 4.39 Å². The van der Waals surface area contributed by atoms with Crippen molar-refractivity contribution in [3.8, 4) is 16.9 Å². The molecule has 1 nitrogen and oxygen atoms in total. The lowest BCUT2D eigenvalue weighted by Crippen LogP contribution is -2.17. The van der Waals surface area contributed by atoms with E-state index in [9.17, 15) is 17.6 Å². The summed E-state index contributed by atoms with van der Waals surface area (Å²) in [5.41, 5.74) is 1.41. The molecule has 2 rings (SSSR count). The van der Waals surface area contributed by atoms with E-state index in [1.165, 1.54) is 24.3 Å². The number of ether oxygens (including phenoxy) is 1. The number of halogens is 5. The Morgan fingerprint density at radius 1 is 0.895 bits per heavy atom. The first-order valence-corrected chi connectivity index (χ1v) is 6.24. The molecule has 0 atom stereocenters. The highest BCUT2D eigenvalue weighted by atomic mass is 127. The Hall–Kier alpha value is -1.31. The third-order valence-corrected chi connectivity index (χ3v) is 3.18. The minimum atomic E-state index is -4.71. The zero-order chi connectivity index (χ0) is 14.0. The number of benzene rings is 2. The maximum Gasteiger partial charge on any atom is 0.573 e. The van der Waals surface area contributed by atoms with Crippen molar-refractivity contribution in [2.45, 2.75) is 6.36 Å². The molecule has 6 heteroatoms. The van der Waals surface area contributed by atoms with Gasteiger partial charge in [0.05, 0.1) is 3.57 Å². The van der Waals surface area contributed by atoms with Gasteiger partial charge in [0.2, 0.25) is 0 Å². The molecule has 0 aliphatic heterocycles. The topological polar surface area (TPSA) is 9.23 Å². The fraction of sp³-hybridized carbons (Fsp3) is 0.0769. The highest BCUT2D eigenvalue weighted by Gasteiger charge is 2.31. The van der Waals surface area contributed by atoms with Gasteiger partial charge in [0, 0.05) is 0 Å². The van der Waals surface area contributed by atoms with Crippen molar-refractivity contribution in [2.24, 2.45) is 0 Å². The monoisotopic (exact) mass is 382 g/mol. The fourth-order valence-electron chi connectivity index (χ4n) is 1.53. The largest absolute Gasteiger partial charge is 0.573 e. The Morgan fingerprint density at radius 2 is 1.47 bits per heavy atom. The summed E-state index contributed by atoms with van der Waals surface area (Å²) >= 11 is 1.76. The number of hydrogen-bond donors (Lipinski definition) is 0. The quantitative estimate of drug-likeness (QED) is 0.525. The van der Waals surface area contributed by atoms with Crippen molar-refractivity contribution >= 4 is 22.6 Å². The molecule has 19 heavy (non-hydrogen) atoms. The van der Waals surface area contributed by atoms with E-state index < -0.39 is 6.36 Å². The van der Waals surface area contributed by atoms with E-state index in [2.05, 4.69) is 4.74 Å². The molecule has 0 unspecified atom stereocenters. The van der Waals surface area contributed by atoms with E-state index >= 15 is 0 Å². The smallest absolute Gasteiger partial charge is 0.405 e. The molecule has 0 amide bonds. The Morgan fingerprint density at radius 3 is 2.00 bits per heavy atom. The van der Waals surface area contributed by atoms with Crippen molar-refractivity contribution in [3.05, 3.63) is 51.9 Å². The van der Waals surface area contributed by atoms with Gasteiger partial charge in [-0.2, -0.15) is 0 Å². The molecule has 0 aliphatic rings. The summed E-state index contributed by atoms with van der Waals surface area (Å²) in [5, 5.41) is 0. The average Bonchev–Trinajstić information content (AvgIpc) is 2.31. The van der Waals surface area contributed by atoms with Gasteiger partial charge < -0.3 is 4.74 Å². The first-order valence-electron chi connectivity index (χ1n) is 5.16. The molecule has 0 fully saturated rings. The van der Waals surface area contributed by atoms with Crippen LogP contribution in [-0.2, 0) is 0 Å². The third-order valence-electron chi connectivity index (χ3n) is 2.34. The van der Waals surface area contributed by atoms with Crippen LogP contribution in [0.2, 0.25) is 0 Å². The number of alkyl halides is 3. The summed E-state index contributed by atoms with van der Waals surface area (Å²) in [7, 11) is 0. The predicted molar refractivity (Wildman–Crippen MR) is 71.2 cm³/mol. The lowest BCUT2D eigenvalue weighted by atomic mass is 10.1.